The van der Waals surface area contributed by atoms with E-state index >= 15 is 0 Å². The van der Waals surface area contributed by atoms with Crippen molar-refractivity contribution in [2.24, 2.45) is 5.92 Å². The lowest BCUT2D eigenvalue weighted by molar-refractivity contribution is -0.348. The van der Waals surface area contributed by atoms with Gasteiger partial charge in [-0.25, -0.2) is 12.8 Å². The Morgan fingerprint density at radius 3 is 2.07 bits per heavy atom. The number of hydrogen-bond acceptors (Lipinski definition) is 5. The molecule has 250 valence electrons. The van der Waals surface area contributed by atoms with Crippen molar-refractivity contribution in [1.82, 2.24) is 4.90 Å². The molecule has 2 heterocycles. The van der Waals surface area contributed by atoms with Gasteiger partial charge in [0.25, 0.3) is 0 Å². The molecule has 2 unspecified atom stereocenters. The number of carbonyl (C=O) groups is 1. The van der Waals surface area contributed by atoms with Crippen molar-refractivity contribution in [2.75, 3.05) is 13.2 Å². The summed E-state index contributed by atoms with van der Waals surface area (Å²) in [7, 11) is -4.39. The van der Waals surface area contributed by atoms with E-state index in [1.54, 1.807) is 6.07 Å². The van der Waals surface area contributed by atoms with Crippen LogP contribution in [-0.2, 0) is 25.0 Å². The van der Waals surface area contributed by atoms with Crippen LogP contribution in [0, 0.1) is 5.92 Å². The standard InChI is InChI=1S/C27H26F7NO4S.C2H4O.C2H6/c28-25(26(29,30)31,27(32,33)34)18-11-12-20-21(15-18)39-16-22-24(20,40(37,38)19-9-5-2-6-10-19)13-14-35(22)23(36)17-7-3-1-4-8-17;1-2-3;1-2/h2,5-6,9-12,15,17,22H,1,3-4,7-8,13-14,16H2;2-3H,1H2;1-2H3. The highest BCUT2D eigenvalue weighted by Gasteiger charge is 2.74. The second-order valence-electron chi connectivity index (χ2n) is 10.7. The summed E-state index contributed by atoms with van der Waals surface area (Å²) in [5, 5.41) is 7.33. The molecule has 3 aliphatic rings. The number of amides is 1. The number of sulfone groups is 1. The van der Waals surface area contributed by atoms with E-state index in [-0.39, 0.29) is 41.3 Å². The number of halogens is 7. The van der Waals surface area contributed by atoms with Crippen LogP contribution < -0.4 is 4.74 Å². The fourth-order valence-corrected chi connectivity index (χ4v) is 8.69. The highest BCUT2D eigenvalue weighted by atomic mass is 32.2. The monoisotopic (exact) mass is 667 g/mol. The molecule has 0 spiro atoms. The first kappa shape index (κ1) is 36.2. The van der Waals surface area contributed by atoms with Gasteiger partial charge in [0.05, 0.1) is 17.2 Å². The second kappa shape index (κ2) is 13.6. The summed E-state index contributed by atoms with van der Waals surface area (Å²) in [6, 6.07) is 7.45. The van der Waals surface area contributed by atoms with Gasteiger partial charge in [-0.05, 0) is 37.5 Å². The molecule has 1 saturated heterocycles. The first-order chi connectivity index (χ1) is 21.1. The minimum absolute atomic E-state index is 0.00519. The van der Waals surface area contributed by atoms with Crippen LogP contribution in [-0.4, -0.2) is 55.9 Å². The van der Waals surface area contributed by atoms with Crippen molar-refractivity contribution in [1.29, 1.82) is 0 Å². The molecule has 1 saturated carbocycles. The molecular formula is C31H36F7NO5S. The van der Waals surface area contributed by atoms with Gasteiger partial charge in [0, 0.05) is 23.6 Å². The molecule has 6 nitrogen and oxygen atoms in total. The predicted octanol–water partition coefficient (Wildman–Crippen LogP) is 7.93. The van der Waals surface area contributed by atoms with Crippen molar-refractivity contribution >= 4 is 15.7 Å². The zero-order valence-corrected chi connectivity index (χ0v) is 25.6. The van der Waals surface area contributed by atoms with Crippen LogP contribution in [0.25, 0.3) is 0 Å². The van der Waals surface area contributed by atoms with Gasteiger partial charge in [-0.2, -0.15) is 26.3 Å². The third-order valence-corrected chi connectivity index (χ3v) is 11.0. The Balaban J connectivity index is 0.00000104. The molecule has 1 N–H and O–H groups in total. The van der Waals surface area contributed by atoms with Crippen LogP contribution in [0.2, 0.25) is 0 Å². The summed E-state index contributed by atoms with van der Waals surface area (Å²) in [5.41, 5.74) is -7.69. The molecule has 0 bridgehead atoms. The molecule has 5 rings (SSSR count). The first-order valence-electron chi connectivity index (χ1n) is 14.5. The molecule has 0 aromatic heterocycles. The lowest BCUT2D eigenvalue weighted by Gasteiger charge is -2.43. The fourth-order valence-electron chi connectivity index (χ4n) is 6.38. The van der Waals surface area contributed by atoms with Gasteiger partial charge >= 0.3 is 18.0 Å². The van der Waals surface area contributed by atoms with Crippen molar-refractivity contribution in [3.63, 3.8) is 0 Å². The number of benzene rings is 2. The summed E-state index contributed by atoms with van der Waals surface area (Å²) in [6.45, 7) is 6.41. The number of carbonyl (C=O) groups excluding carboxylic acids is 1. The molecule has 2 fully saturated rings. The van der Waals surface area contributed by atoms with E-state index in [2.05, 4.69) is 6.58 Å². The highest BCUT2D eigenvalue weighted by Crippen LogP contribution is 2.57. The highest BCUT2D eigenvalue weighted by molar-refractivity contribution is 7.92. The molecule has 45 heavy (non-hydrogen) atoms. The van der Waals surface area contributed by atoms with Crippen LogP contribution in [0.15, 0.2) is 66.3 Å². The average Bonchev–Trinajstić information content (AvgIpc) is 3.43. The maximum Gasteiger partial charge on any atom is 0.435 e. The Kier molecular flexibility index (Phi) is 10.9. The van der Waals surface area contributed by atoms with Gasteiger partial charge in [-0.3, -0.25) is 4.79 Å². The Morgan fingerprint density at radius 1 is 0.978 bits per heavy atom. The summed E-state index contributed by atoms with van der Waals surface area (Å²) in [6.07, 6.45) is -8.18. The number of alkyl halides is 7. The van der Waals surface area contributed by atoms with Crippen LogP contribution in [0.1, 0.15) is 63.5 Å². The van der Waals surface area contributed by atoms with Crippen LogP contribution in [0.3, 0.4) is 0 Å². The van der Waals surface area contributed by atoms with E-state index in [0.29, 0.717) is 18.9 Å². The van der Waals surface area contributed by atoms with E-state index in [0.717, 1.165) is 31.6 Å². The number of fused-ring (bicyclic) bond motifs is 3. The third kappa shape index (κ3) is 6.14. The Hall–Kier alpha value is -3.29. The van der Waals surface area contributed by atoms with E-state index in [1.165, 1.54) is 29.2 Å². The van der Waals surface area contributed by atoms with Gasteiger partial charge in [0.1, 0.15) is 17.1 Å². The molecule has 1 aliphatic carbocycles. The predicted molar refractivity (Wildman–Crippen MR) is 153 cm³/mol. The maximum absolute atomic E-state index is 14.9. The number of aliphatic hydroxyl groups excluding tert-OH is 1. The molecule has 0 radical (unpaired) electrons. The molecular weight excluding hydrogens is 631 g/mol. The fraction of sp³-hybridized carbons (Fsp3) is 0.516. The van der Waals surface area contributed by atoms with E-state index in [1.807, 2.05) is 13.8 Å². The Labute approximate surface area is 257 Å². The topological polar surface area (TPSA) is 83.9 Å². The number of nitrogens with zero attached hydrogens (tertiary/aromatic N) is 1. The zero-order valence-electron chi connectivity index (χ0n) is 24.8. The maximum atomic E-state index is 14.9. The number of rotatable bonds is 4. The van der Waals surface area contributed by atoms with E-state index in [9.17, 15) is 43.9 Å². The number of hydrogen-bond donors (Lipinski definition) is 1. The molecule has 2 aliphatic heterocycles. The summed E-state index contributed by atoms with van der Waals surface area (Å²) in [5.74, 6) is -1.18. The molecule has 2 atom stereocenters. The SMILES string of the molecule is C=CO.CC.O=C(C1CCCCC1)N1CCC2(S(=O)(=O)c3ccccc3)c3ccc(C(F)(C(F)(F)F)C(F)(F)F)cc3OCC12. The van der Waals surface area contributed by atoms with Crippen molar-refractivity contribution < 1.29 is 53.8 Å². The van der Waals surface area contributed by atoms with E-state index < -0.39 is 56.6 Å². The zero-order chi connectivity index (χ0) is 33.8. The molecule has 2 aromatic rings. The van der Waals surface area contributed by atoms with Crippen LogP contribution >= 0.6 is 0 Å². The van der Waals surface area contributed by atoms with E-state index in [4.69, 9.17) is 9.84 Å². The third-order valence-electron chi connectivity index (χ3n) is 8.42. The van der Waals surface area contributed by atoms with Gasteiger partial charge < -0.3 is 14.7 Å². The van der Waals surface area contributed by atoms with Gasteiger partial charge in [0.2, 0.25) is 5.91 Å². The minimum Gasteiger partial charge on any atom is -0.516 e. The minimum atomic E-state index is -6.35. The first-order valence-corrected chi connectivity index (χ1v) is 16.0. The number of likely N-dealkylation sites (tertiary alicyclic amines) is 1. The quantitative estimate of drug-likeness (QED) is 0.265. The lowest BCUT2D eigenvalue weighted by Crippen LogP contribution is -2.56. The summed E-state index contributed by atoms with van der Waals surface area (Å²) < 4.78 is 128. The summed E-state index contributed by atoms with van der Waals surface area (Å²) >= 11 is 0. The Morgan fingerprint density at radius 2 is 1.53 bits per heavy atom. The van der Waals surface area contributed by atoms with Crippen molar-refractivity contribution in [3.8, 4) is 5.75 Å². The van der Waals surface area contributed by atoms with Crippen LogP contribution in [0.4, 0.5) is 30.7 Å². The number of aliphatic hydroxyl groups is 1. The summed E-state index contributed by atoms with van der Waals surface area (Å²) in [4.78, 5) is 14.9. The smallest absolute Gasteiger partial charge is 0.435 e. The second-order valence-corrected chi connectivity index (χ2v) is 12.9. The van der Waals surface area contributed by atoms with Gasteiger partial charge in [-0.15, -0.1) is 0 Å². The van der Waals surface area contributed by atoms with Gasteiger partial charge in [0.15, 0.2) is 9.84 Å². The average molecular weight is 668 g/mol. The van der Waals surface area contributed by atoms with Crippen molar-refractivity contribution in [2.45, 2.75) is 86.1 Å². The lowest BCUT2D eigenvalue weighted by atomic mass is 9.84. The molecule has 1 amide bonds. The molecule has 14 heteroatoms. The van der Waals surface area contributed by atoms with Crippen molar-refractivity contribution in [3.05, 3.63) is 72.5 Å². The largest absolute Gasteiger partial charge is 0.516 e. The van der Waals surface area contributed by atoms with Crippen LogP contribution in [0.5, 0.6) is 5.75 Å². The normalized spacial score (nSPS) is 22.0. The molecule has 2 aromatic carbocycles. The number of ether oxygens (including phenoxy) is 1. The van der Waals surface area contributed by atoms with Gasteiger partial charge in [-0.1, -0.05) is 70.0 Å². The Bertz CT molecular complexity index is 1430.